The van der Waals surface area contributed by atoms with E-state index in [-0.39, 0.29) is 18.3 Å². The Kier molecular flexibility index (Phi) is 7.56. The van der Waals surface area contributed by atoms with Gasteiger partial charge < -0.3 is 24.6 Å². The number of phenols is 1. The van der Waals surface area contributed by atoms with Crippen LogP contribution in [0.3, 0.4) is 0 Å². The summed E-state index contributed by atoms with van der Waals surface area (Å²) in [5, 5.41) is 27.9. The SMILES string of the molecule is CCOc1cc(C2c3c(-c4c(C)cc(C)cc4O)n[nH]c3C(=O)N2CCCO)ccc1OCc1ccccc1. The average Bonchev–Trinajstić information content (AvgIpc) is 3.45. The normalized spacial score (nSPS) is 14.5. The minimum absolute atomic E-state index is 0.0378. The van der Waals surface area contributed by atoms with Gasteiger partial charge in [0.25, 0.3) is 5.91 Å². The number of ether oxygens (including phenoxy) is 2. The van der Waals surface area contributed by atoms with Crippen molar-refractivity contribution in [3.05, 3.63) is 94.2 Å². The summed E-state index contributed by atoms with van der Waals surface area (Å²) in [5.74, 6) is 1.10. The first-order valence-electron chi connectivity index (χ1n) is 13.2. The van der Waals surface area contributed by atoms with Crippen molar-refractivity contribution >= 4 is 5.91 Å². The van der Waals surface area contributed by atoms with Gasteiger partial charge in [0.1, 0.15) is 23.7 Å². The quantitative estimate of drug-likeness (QED) is 0.258. The molecule has 2 heterocycles. The molecule has 3 N–H and O–H groups in total. The van der Waals surface area contributed by atoms with E-state index in [9.17, 15) is 15.0 Å². The highest BCUT2D eigenvalue weighted by Crippen LogP contribution is 2.47. The molecule has 202 valence electrons. The van der Waals surface area contributed by atoms with E-state index in [1.807, 2.05) is 75.4 Å². The maximum Gasteiger partial charge on any atom is 0.273 e. The lowest BCUT2D eigenvalue weighted by Gasteiger charge is -2.27. The molecule has 39 heavy (non-hydrogen) atoms. The molecule has 5 rings (SSSR count). The highest BCUT2D eigenvalue weighted by molar-refractivity contribution is 6.00. The third kappa shape index (κ3) is 5.07. The number of hydrogen-bond donors (Lipinski definition) is 3. The van der Waals surface area contributed by atoms with Crippen LogP contribution in [0.15, 0.2) is 60.7 Å². The van der Waals surface area contributed by atoms with Crippen LogP contribution in [0.1, 0.15) is 57.7 Å². The van der Waals surface area contributed by atoms with Crippen LogP contribution in [-0.2, 0) is 6.61 Å². The monoisotopic (exact) mass is 527 g/mol. The van der Waals surface area contributed by atoms with Crippen LogP contribution in [0, 0.1) is 13.8 Å². The molecule has 8 heteroatoms. The van der Waals surface area contributed by atoms with Gasteiger partial charge in [-0.3, -0.25) is 9.89 Å². The number of aromatic nitrogens is 2. The van der Waals surface area contributed by atoms with Crippen molar-refractivity contribution in [3.63, 3.8) is 0 Å². The summed E-state index contributed by atoms with van der Waals surface area (Å²) < 4.78 is 12.1. The molecule has 0 aliphatic carbocycles. The number of amides is 1. The van der Waals surface area contributed by atoms with Crippen molar-refractivity contribution in [2.24, 2.45) is 0 Å². The molecule has 0 radical (unpaired) electrons. The largest absolute Gasteiger partial charge is 0.507 e. The number of carbonyl (C=O) groups is 1. The van der Waals surface area contributed by atoms with Gasteiger partial charge in [-0.05, 0) is 67.6 Å². The van der Waals surface area contributed by atoms with Gasteiger partial charge in [-0.1, -0.05) is 42.5 Å². The Hall–Kier alpha value is -4.30. The van der Waals surface area contributed by atoms with E-state index >= 15 is 0 Å². The highest BCUT2D eigenvalue weighted by Gasteiger charge is 2.42. The number of H-pyrrole nitrogens is 1. The van der Waals surface area contributed by atoms with Crippen molar-refractivity contribution in [2.45, 2.75) is 39.8 Å². The summed E-state index contributed by atoms with van der Waals surface area (Å²) in [6.45, 7) is 6.92. The van der Waals surface area contributed by atoms with E-state index in [2.05, 4.69) is 10.2 Å². The molecule has 0 spiro atoms. The minimum Gasteiger partial charge on any atom is -0.507 e. The van der Waals surface area contributed by atoms with Crippen molar-refractivity contribution in [1.29, 1.82) is 0 Å². The van der Waals surface area contributed by atoms with Gasteiger partial charge in [-0.15, -0.1) is 0 Å². The fourth-order valence-electron chi connectivity index (χ4n) is 5.28. The van der Waals surface area contributed by atoms with Crippen molar-refractivity contribution < 1.29 is 24.5 Å². The number of hydrogen-bond acceptors (Lipinski definition) is 6. The molecule has 1 atom stereocenters. The smallest absolute Gasteiger partial charge is 0.273 e. The number of phenolic OH excluding ortho intramolecular Hbond substituents is 1. The van der Waals surface area contributed by atoms with Crippen LogP contribution in [0.5, 0.6) is 17.2 Å². The van der Waals surface area contributed by atoms with Crippen LogP contribution in [-0.4, -0.2) is 51.0 Å². The van der Waals surface area contributed by atoms with E-state index in [0.717, 1.165) is 22.3 Å². The number of fused-ring (bicyclic) bond motifs is 1. The molecule has 0 saturated heterocycles. The maximum atomic E-state index is 13.5. The molecule has 0 saturated carbocycles. The number of nitrogens with one attached hydrogen (secondary N) is 1. The number of benzene rings is 3. The predicted octanol–water partition coefficient (Wildman–Crippen LogP) is 5.30. The molecule has 8 nitrogen and oxygen atoms in total. The molecular formula is C31H33N3O5. The summed E-state index contributed by atoms with van der Waals surface area (Å²) >= 11 is 0. The number of rotatable bonds is 10. The van der Waals surface area contributed by atoms with Crippen molar-refractivity contribution in [2.75, 3.05) is 19.8 Å². The molecule has 1 unspecified atom stereocenters. The van der Waals surface area contributed by atoms with Crippen LogP contribution in [0.2, 0.25) is 0 Å². The first-order valence-corrected chi connectivity index (χ1v) is 13.2. The van der Waals surface area contributed by atoms with E-state index < -0.39 is 6.04 Å². The van der Waals surface area contributed by atoms with Gasteiger partial charge >= 0.3 is 0 Å². The van der Waals surface area contributed by atoms with Crippen LogP contribution < -0.4 is 9.47 Å². The fraction of sp³-hybridized carbons (Fsp3) is 0.290. The number of aromatic amines is 1. The van der Waals surface area contributed by atoms with Gasteiger partial charge in [0.2, 0.25) is 0 Å². The number of aryl methyl sites for hydroxylation is 2. The van der Waals surface area contributed by atoms with Gasteiger partial charge in [-0.25, -0.2) is 0 Å². The Balaban J connectivity index is 1.59. The third-order valence-electron chi connectivity index (χ3n) is 6.94. The Morgan fingerprint density at radius 3 is 2.54 bits per heavy atom. The number of aliphatic hydroxyl groups excluding tert-OH is 1. The zero-order chi connectivity index (χ0) is 27.5. The number of aromatic hydroxyl groups is 1. The van der Waals surface area contributed by atoms with Crippen LogP contribution >= 0.6 is 0 Å². The molecule has 1 aromatic heterocycles. The molecule has 3 aromatic carbocycles. The second-order valence-electron chi connectivity index (χ2n) is 9.73. The summed E-state index contributed by atoms with van der Waals surface area (Å²) in [4.78, 5) is 15.3. The Morgan fingerprint density at radius 2 is 1.82 bits per heavy atom. The standard InChI is InChI=1S/C31H33N3O5/c1-4-38-25-17-22(11-12-24(25)39-18-21-9-6-5-7-10-21)30-27-28(26-20(3)15-19(2)16-23(26)36)32-33-29(27)31(37)34(30)13-8-14-35/h5-7,9-12,15-17,30,35-36H,4,8,13-14,18H2,1-3H3,(H,32,33). The van der Waals surface area contributed by atoms with Gasteiger partial charge in [0.05, 0.1) is 12.6 Å². The van der Waals surface area contributed by atoms with E-state index in [0.29, 0.717) is 60.2 Å². The molecule has 0 bridgehead atoms. The Bertz CT molecular complexity index is 1460. The lowest BCUT2D eigenvalue weighted by atomic mass is 9.93. The van der Waals surface area contributed by atoms with E-state index in [1.54, 1.807) is 11.0 Å². The molecular weight excluding hydrogens is 494 g/mol. The van der Waals surface area contributed by atoms with Crippen LogP contribution in [0.4, 0.5) is 0 Å². The van der Waals surface area contributed by atoms with E-state index in [1.165, 1.54) is 0 Å². The number of aliphatic hydroxyl groups is 1. The minimum atomic E-state index is -0.490. The molecule has 1 aliphatic rings. The van der Waals surface area contributed by atoms with Crippen LogP contribution in [0.25, 0.3) is 11.3 Å². The first kappa shape index (κ1) is 26.3. The summed E-state index contributed by atoms with van der Waals surface area (Å²) in [6.07, 6.45) is 0.431. The summed E-state index contributed by atoms with van der Waals surface area (Å²) in [5.41, 5.74) is 5.87. The highest BCUT2D eigenvalue weighted by atomic mass is 16.5. The fourth-order valence-corrected chi connectivity index (χ4v) is 5.28. The third-order valence-corrected chi connectivity index (χ3v) is 6.94. The van der Waals surface area contributed by atoms with E-state index in [4.69, 9.17) is 9.47 Å². The van der Waals surface area contributed by atoms with Gasteiger partial charge in [0, 0.05) is 24.3 Å². The lowest BCUT2D eigenvalue weighted by molar-refractivity contribution is 0.0732. The molecule has 1 aliphatic heterocycles. The van der Waals surface area contributed by atoms with Gasteiger partial charge in [0.15, 0.2) is 11.5 Å². The Labute approximate surface area is 227 Å². The molecule has 4 aromatic rings. The number of carbonyl (C=O) groups excluding carboxylic acids is 1. The predicted molar refractivity (Wildman–Crippen MR) is 148 cm³/mol. The van der Waals surface area contributed by atoms with Gasteiger partial charge in [-0.2, -0.15) is 5.10 Å². The molecule has 1 amide bonds. The second-order valence-corrected chi connectivity index (χ2v) is 9.73. The molecule has 0 fully saturated rings. The topological polar surface area (TPSA) is 108 Å². The zero-order valence-electron chi connectivity index (χ0n) is 22.4. The second kappa shape index (κ2) is 11.2. The summed E-state index contributed by atoms with van der Waals surface area (Å²) in [6, 6.07) is 18.8. The average molecular weight is 528 g/mol. The Morgan fingerprint density at radius 1 is 1.03 bits per heavy atom. The zero-order valence-corrected chi connectivity index (χ0v) is 22.4. The van der Waals surface area contributed by atoms with Crippen molar-refractivity contribution in [1.82, 2.24) is 15.1 Å². The lowest BCUT2D eigenvalue weighted by Crippen LogP contribution is -2.31. The summed E-state index contributed by atoms with van der Waals surface area (Å²) in [7, 11) is 0. The van der Waals surface area contributed by atoms with Crippen molar-refractivity contribution in [3.8, 4) is 28.5 Å². The number of nitrogens with zero attached hydrogens (tertiary/aromatic N) is 2. The first-order chi connectivity index (χ1) is 18.9. The maximum absolute atomic E-state index is 13.5.